The second kappa shape index (κ2) is 10.2. The fourth-order valence-electron chi connectivity index (χ4n) is 5.50. The van der Waals surface area contributed by atoms with Crippen LogP contribution in [0.4, 0.5) is 10.1 Å². The van der Waals surface area contributed by atoms with Crippen molar-refractivity contribution in [1.82, 2.24) is 14.4 Å². The average molecular weight is 499 g/mol. The number of esters is 1. The summed E-state index contributed by atoms with van der Waals surface area (Å²) in [6.45, 7) is 9.08. The highest BCUT2D eigenvalue weighted by Gasteiger charge is 2.33. The molecule has 1 saturated carbocycles. The van der Waals surface area contributed by atoms with E-state index in [0.29, 0.717) is 37.2 Å². The minimum absolute atomic E-state index is 0.0441. The summed E-state index contributed by atoms with van der Waals surface area (Å²) in [7, 11) is 0. The molecule has 1 aromatic carbocycles. The summed E-state index contributed by atoms with van der Waals surface area (Å²) in [5.74, 6) is -1.53. The minimum atomic E-state index is -0.452. The maximum absolute atomic E-state index is 15.4. The fraction of sp³-hybridized carbons (Fsp3) is 0.593. The number of ether oxygens (including phenoxy) is 1. The van der Waals surface area contributed by atoms with E-state index in [-0.39, 0.29) is 35.4 Å². The Labute approximate surface area is 210 Å². The van der Waals surface area contributed by atoms with Crippen LogP contribution in [-0.4, -0.2) is 78.7 Å². The number of piperazine rings is 1. The minimum Gasteiger partial charge on any atom is -0.466 e. The molecule has 5 rings (SSSR count). The van der Waals surface area contributed by atoms with Crippen molar-refractivity contribution in [3.05, 3.63) is 39.9 Å². The van der Waals surface area contributed by atoms with Crippen LogP contribution >= 0.6 is 0 Å². The highest BCUT2D eigenvalue weighted by molar-refractivity contribution is 5.98. The van der Waals surface area contributed by atoms with Gasteiger partial charge in [0.25, 0.3) is 5.91 Å². The lowest BCUT2D eigenvalue weighted by molar-refractivity contribution is -0.149. The third kappa shape index (κ3) is 4.73. The normalized spacial score (nSPS) is 21.1. The molecule has 0 radical (unpaired) electrons. The molecule has 1 aromatic heterocycles. The number of likely N-dealkylation sites (tertiary alicyclic amines) is 1. The number of anilines is 1. The number of likely N-dealkylation sites (N-methyl/N-ethyl adjacent to an activating group) is 1. The van der Waals surface area contributed by atoms with Crippen LogP contribution in [0.5, 0.6) is 0 Å². The van der Waals surface area contributed by atoms with Crippen molar-refractivity contribution in [2.75, 3.05) is 57.3 Å². The van der Waals surface area contributed by atoms with Crippen LogP contribution in [0.3, 0.4) is 0 Å². The zero-order chi connectivity index (χ0) is 25.4. The standard InChI is InChI=1S/C27H35FN4O4/c1-3-29-10-12-30(13-11-29)24-15-23-20(14-22(24)28)25(33)21(17-32(23)19-7-8-19)26(34)31-9-5-6-18(16-31)27(35)36-4-2/h14-15,17-19H,3-13,16H2,1-2H3. The van der Waals surface area contributed by atoms with E-state index in [1.54, 1.807) is 24.1 Å². The van der Waals surface area contributed by atoms with Crippen LogP contribution in [0.1, 0.15) is 55.9 Å². The molecule has 1 atom stereocenters. The number of benzene rings is 1. The van der Waals surface area contributed by atoms with E-state index in [0.717, 1.165) is 45.6 Å². The van der Waals surface area contributed by atoms with Crippen LogP contribution < -0.4 is 10.3 Å². The molecule has 36 heavy (non-hydrogen) atoms. The zero-order valence-electron chi connectivity index (χ0n) is 21.2. The smallest absolute Gasteiger partial charge is 0.310 e. The SMILES string of the molecule is CCOC(=O)C1CCCN(C(=O)c2cn(C3CC3)c3cc(N4CCN(CC)CC4)c(F)cc3c2=O)C1. The van der Waals surface area contributed by atoms with Crippen molar-refractivity contribution in [3.8, 4) is 0 Å². The lowest BCUT2D eigenvalue weighted by Gasteiger charge is -2.35. The molecule has 2 aromatic rings. The van der Waals surface area contributed by atoms with Crippen LogP contribution in [-0.2, 0) is 9.53 Å². The van der Waals surface area contributed by atoms with Gasteiger partial charge in [0.15, 0.2) is 0 Å². The van der Waals surface area contributed by atoms with Gasteiger partial charge < -0.3 is 24.0 Å². The predicted octanol–water partition coefficient (Wildman–Crippen LogP) is 3.03. The summed E-state index contributed by atoms with van der Waals surface area (Å²) in [5, 5.41) is 0.236. The number of pyridine rings is 1. The summed E-state index contributed by atoms with van der Waals surface area (Å²) >= 11 is 0. The van der Waals surface area contributed by atoms with Gasteiger partial charge in [-0.15, -0.1) is 0 Å². The van der Waals surface area contributed by atoms with E-state index >= 15 is 4.39 Å². The number of fused-ring (bicyclic) bond motifs is 1. The van der Waals surface area contributed by atoms with Crippen LogP contribution in [0.25, 0.3) is 10.9 Å². The Morgan fingerprint density at radius 3 is 2.47 bits per heavy atom. The monoisotopic (exact) mass is 498 g/mol. The third-order valence-electron chi connectivity index (χ3n) is 7.76. The van der Waals surface area contributed by atoms with Crippen molar-refractivity contribution in [2.45, 2.75) is 45.6 Å². The van der Waals surface area contributed by atoms with Crippen molar-refractivity contribution in [1.29, 1.82) is 0 Å². The summed E-state index contributed by atoms with van der Waals surface area (Å²) in [6, 6.07) is 3.30. The summed E-state index contributed by atoms with van der Waals surface area (Å²) in [6.07, 6.45) is 4.91. The number of piperidine rings is 1. The first-order valence-electron chi connectivity index (χ1n) is 13.2. The molecule has 1 unspecified atom stereocenters. The van der Waals surface area contributed by atoms with Gasteiger partial charge in [-0.1, -0.05) is 6.92 Å². The molecule has 9 heteroatoms. The molecule has 1 aliphatic carbocycles. The number of hydrogen-bond acceptors (Lipinski definition) is 6. The first-order valence-corrected chi connectivity index (χ1v) is 13.2. The lowest BCUT2D eigenvalue weighted by Crippen LogP contribution is -2.46. The second-order valence-corrected chi connectivity index (χ2v) is 10.1. The van der Waals surface area contributed by atoms with E-state index in [1.165, 1.54) is 6.07 Å². The largest absolute Gasteiger partial charge is 0.466 e. The Hall–Kier alpha value is -2.94. The number of nitrogens with zero attached hydrogens (tertiary/aromatic N) is 4. The van der Waals surface area contributed by atoms with Crippen LogP contribution in [0, 0.1) is 11.7 Å². The number of rotatable bonds is 6. The molecule has 2 saturated heterocycles. The molecule has 1 amide bonds. The van der Waals surface area contributed by atoms with Gasteiger partial charge in [0.1, 0.15) is 11.4 Å². The van der Waals surface area contributed by atoms with Gasteiger partial charge in [-0.2, -0.15) is 0 Å². The molecule has 0 spiro atoms. The molecule has 0 N–H and O–H groups in total. The van der Waals surface area contributed by atoms with E-state index in [2.05, 4.69) is 11.8 Å². The number of hydrogen-bond donors (Lipinski definition) is 0. The highest BCUT2D eigenvalue weighted by Crippen LogP contribution is 2.38. The van der Waals surface area contributed by atoms with Gasteiger partial charge in [0, 0.05) is 56.9 Å². The van der Waals surface area contributed by atoms with Crippen molar-refractivity contribution in [2.24, 2.45) is 5.92 Å². The van der Waals surface area contributed by atoms with E-state index < -0.39 is 17.2 Å². The molecule has 8 nitrogen and oxygen atoms in total. The van der Waals surface area contributed by atoms with E-state index in [9.17, 15) is 14.4 Å². The highest BCUT2D eigenvalue weighted by atomic mass is 19.1. The van der Waals surface area contributed by atoms with Crippen LogP contribution in [0.2, 0.25) is 0 Å². The second-order valence-electron chi connectivity index (χ2n) is 10.1. The van der Waals surface area contributed by atoms with Crippen molar-refractivity contribution < 1.29 is 18.7 Å². The van der Waals surface area contributed by atoms with Gasteiger partial charge >= 0.3 is 5.97 Å². The number of amides is 1. The summed E-state index contributed by atoms with van der Waals surface area (Å²) in [5.41, 5.74) is 0.782. The first-order chi connectivity index (χ1) is 17.4. The molecular weight excluding hydrogens is 463 g/mol. The number of carbonyl (C=O) groups excluding carboxylic acids is 2. The molecular formula is C27H35FN4O4. The van der Waals surface area contributed by atoms with Crippen LogP contribution in [0.15, 0.2) is 23.1 Å². The van der Waals surface area contributed by atoms with Gasteiger partial charge in [-0.05, 0) is 51.3 Å². The summed E-state index contributed by atoms with van der Waals surface area (Å²) in [4.78, 5) is 45.2. The third-order valence-corrected chi connectivity index (χ3v) is 7.76. The molecule has 0 bridgehead atoms. The number of carbonyl (C=O) groups is 2. The van der Waals surface area contributed by atoms with Gasteiger partial charge in [-0.3, -0.25) is 14.4 Å². The molecule has 2 aliphatic heterocycles. The Morgan fingerprint density at radius 1 is 1.06 bits per heavy atom. The van der Waals surface area contributed by atoms with Gasteiger partial charge in [-0.25, -0.2) is 4.39 Å². The van der Waals surface area contributed by atoms with Gasteiger partial charge in [0.2, 0.25) is 5.43 Å². The molecule has 3 aliphatic rings. The summed E-state index contributed by atoms with van der Waals surface area (Å²) < 4.78 is 22.5. The van der Waals surface area contributed by atoms with Gasteiger partial charge in [0.05, 0.1) is 23.7 Å². The molecule has 194 valence electrons. The van der Waals surface area contributed by atoms with Crippen molar-refractivity contribution >= 4 is 28.5 Å². The number of aromatic nitrogens is 1. The Morgan fingerprint density at radius 2 is 1.81 bits per heavy atom. The Kier molecular flexibility index (Phi) is 7.01. The Balaban J connectivity index is 1.49. The average Bonchev–Trinajstić information content (AvgIpc) is 3.74. The fourth-order valence-corrected chi connectivity index (χ4v) is 5.50. The van der Waals surface area contributed by atoms with E-state index in [4.69, 9.17) is 4.74 Å². The first kappa shape index (κ1) is 24.7. The lowest BCUT2D eigenvalue weighted by atomic mass is 9.97. The predicted molar refractivity (Wildman–Crippen MR) is 136 cm³/mol. The topological polar surface area (TPSA) is 75.1 Å². The number of halogens is 1. The maximum atomic E-state index is 15.4. The Bertz CT molecular complexity index is 1220. The quantitative estimate of drug-likeness (QED) is 0.570. The molecule has 3 fully saturated rings. The van der Waals surface area contributed by atoms with E-state index in [1.807, 2.05) is 9.47 Å². The maximum Gasteiger partial charge on any atom is 0.310 e. The van der Waals surface area contributed by atoms with Crippen molar-refractivity contribution in [3.63, 3.8) is 0 Å². The zero-order valence-corrected chi connectivity index (χ0v) is 21.2. The molecule has 3 heterocycles.